The molecule has 8 heteroatoms. The van der Waals surface area contributed by atoms with Gasteiger partial charge in [-0.2, -0.15) is 0 Å². The fourth-order valence-electron chi connectivity index (χ4n) is 2.11. The predicted octanol–water partition coefficient (Wildman–Crippen LogP) is 1.41. The number of hydrogen-bond donors (Lipinski definition) is 2. The second-order valence-electron chi connectivity index (χ2n) is 4.52. The Bertz CT molecular complexity index is 485. The van der Waals surface area contributed by atoms with Crippen LogP contribution >= 0.6 is 24.2 Å². The molecule has 0 aromatic heterocycles. The number of halogens is 1. The molecule has 2 rings (SSSR count). The van der Waals surface area contributed by atoms with Crippen LogP contribution in [0.3, 0.4) is 0 Å². The van der Waals surface area contributed by atoms with Crippen molar-refractivity contribution in [2.45, 2.75) is 12.6 Å². The summed E-state index contributed by atoms with van der Waals surface area (Å²) in [6.45, 7) is 0.415. The van der Waals surface area contributed by atoms with E-state index >= 15 is 0 Å². The Morgan fingerprint density at radius 3 is 2.36 bits per heavy atom. The van der Waals surface area contributed by atoms with Crippen LogP contribution in [0.15, 0.2) is 12.1 Å². The highest BCUT2D eigenvalue weighted by Crippen LogP contribution is 2.38. The molecule has 1 aliphatic heterocycles. The fourth-order valence-corrected chi connectivity index (χ4v) is 3.06. The van der Waals surface area contributed by atoms with Crippen molar-refractivity contribution in [2.24, 2.45) is 0 Å². The molecule has 0 bridgehead atoms. The number of amides is 1. The molecule has 1 atom stereocenters. The lowest BCUT2D eigenvalue weighted by atomic mass is 10.1. The molecule has 2 N–H and O–H groups in total. The number of thioether (sulfide) groups is 1. The minimum absolute atomic E-state index is 0. The molecule has 1 aromatic rings. The zero-order valence-electron chi connectivity index (χ0n) is 12.8. The molecular weight excluding hydrogens is 328 g/mol. The summed E-state index contributed by atoms with van der Waals surface area (Å²) >= 11 is 1.72. The number of methoxy groups -OCH3 is 3. The molecule has 1 amide bonds. The highest BCUT2D eigenvalue weighted by atomic mass is 35.5. The Kier molecular flexibility index (Phi) is 7.64. The maximum atomic E-state index is 12.0. The van der Waals surface area contributed by atoms with Crippen LogP contribution in [-0.4, -0.2) is 44.9 Å². The molecule has 124 valence electrons. The van der Waals surface area contributed by atoms with Crippen molar-refractivity contribution in [3.63, 3.8) is 0 Å². The van der Waals surface area contributed by atoms with Crippen LogP contribution < -0.4 is 24.8 Å². The van der Waals surface area contributed by atoms with Crippen molar-refractivity contribution in [1.82, 2.24) is 10.6 Å². The first-order valence-corrected chi connectivity index (χ1v) is 7.72. The summed E-state index contributed by atoms with van der Waals surface area (Å²) in [5.74, 6) is 3.34. The molecule has 22 heavy (non-hydrogen) atoms. The minimum Gasteiger partial charge on any atom is -0.493 e. The van der Waals surface area contributed by atoms with Gasteiger partial charge in [0.1, 0.15) is 0 Å². The SMILES string of the molecule is COc1cc(CNC(=O)C2CSCN2)cc(OC)c1OC.Cl. The molecular formula is C14H21ClN2O4S. The fraction of sp³-hybridized carbons (Fsp3) is 0.500. The Morgan fingerprint density at radius 2 is 1.91 bits per heavy atom. The number of ether oxygens (including phenoxy) is 3. The van der Waals surface area contributed by atoms with E-state index < -0.39 is 0 Å². The monoisotopic (exact) mass is 348 g/mol. The van der Waals surface area contributed by atoms with Crippen molar-refractivity contribution in [2.75, 3.05) is 33.0 Å². The van der Waals surface area contributed by atoms with Gasteiger partial charge in [0.2, 0.25) is 11.7 Å². The lowest BCUT2D eigenvalue weighted by Crippen LogP contribution is -2.41. The topological polar surface area (TPSA) is 68.8 Å². The first-order chi connectivity index (χ1) is 10.2. The normalized spacial score (nSPS) is 16.6. The van der Waals surface area contributed by atoms with Gasteiger partial charge in [-0.05, 0) is 17.7 Å². The van der Waals surface area contributed by atoms with Gasteiger partial charge in [0, 0.05) is 18.2 Å². The zero-order valence-corrected chi connectivity index (χ0v) is 14.4. The third-order valence-electron chi connectivity index (χ3n) is 3.22. The summed E-state index contributed by atoms with van der Waals surface area (Å²) in [7, 11) is 4.70. The van der Waals surface area contributed by atoms with E-state index in [1.807, 2.05) is 12.1 Å². The average molecular weight is 349 g/mol. The van der Waals surface area contributed by atoms with Crippen molar-refractivity contribution in [3.05, 3.63) is 17.7 Å². The predicted molar refractivity (Wildman–Crippen MR) is 89.4 cm³/mol. The van der Waals surface area contributed by atoms with Crippen LogP contribution in [0.1, 0.15) is 5.56 Å². The number of hydrogen-bond acceptors (Lipinski definition) is 6. The molecule has 1 saturated heterocycles. The van der Waals surface area contributed by atoms with Gasteiger partial charge in [-0.3, -0.25) is 10.1 Å². The van der Waals surface area contributed by atoms with Crippen LogP contribution in [0.2, 0.25) is 0 Å². The van der Waals surface area contributed by atoms with E-state index in [1.165, 1.54) is 0 Å². The Labute approximate surface area is 140 Å². The number of rotatable bonds is 6. The van der Waals surface area contributed by atoms with Crippen molar-refractivity contribution >= 4 is 30.1 Å². The third-order valence-corrected chi connectivity index (χ3v) is 4.16. The second-order valence-corrected chi connectivity index (χ2v) is 5.55. The van der Waals surface area contributed by atoms with Gasteiger partial charge in [0.05, 0.1) is 27.4 Å². The molecule has 1 aliphatic rings. The smallest absolute Gasteiger partial charge is 0.238 e. The first-order valence-electron chi connectivity index (χ1n) is 6.57. The highest BCUT2D eigenvalue weighted by molar-refractivity contribution is 7.99. The summed E-state index contributed by atoms with van der Waals surface area (Å²) in [5, 5.41) is 6.05. The maximum absolute atomic E-state index is 12.0. The first kappa shape index (κ1) is 18.7. The van der Waals surface area contributed by atoms with E-state index in [1.54, 1.807) is 33.1 Å². The minimum atomic E-state index is -0.114. The van der Waals surface area contributed by atoms with Gasteiger partial charge in [0.15, 0.2) is 11.5 Å². The van der Waals surface area contributed by atoms with E-state index in [0.717, 1.165) is 17.2 Å². The largest absolute Gasteiger partial charge is 0.493 e. The van der Waals surface area contributed by atoms with Crippen LogP contribution in [0, 0.1) is 0 Å². The van der Waals surface area contributed by atoms with E-state index in [4.69, 9.17) is 14.2 Å². The summed E-state index contributed by atoms with van der Waals surface area (Å²) in [4.78, 5) is 12.0. The molecule has 0 aliphatic carbocycles. The van der Waals surface area contributed by atoms with Crippen LogP contribution in [0.25, 0.3) is 0 Å². The van der Waals surface area contributed by atoms with E-state index in [0.29, 0.717) is 23.8 Å². The third kappa shape index (κ3) is 4.34. The highest BCUT2D eigenvalue weighted by Gasteiger charge is 2.22. The van der Waals surface area contributed by atoms with Gasteiger partial charge in [-0.1, -0.05) is 0 Å². The molecule has 0 spiro atoms. The Morgan fingerprint density at radius 1 is 1.27 bits per heavy atom. The standard InChI is InChI=1S/C14H20N2O4S.ClH/c1-18-11-4-9(5-12(19-2)13(11)20-3)6-15-14(17)10-7-21-8-16-10;/h4-5,10,16H,6-8H2,1-3H3,(H,15,17);1H. The van der Waals surface area contributed by atoms with Crippen LogP contribution in [0.5, 0.6) is 17.2 Å². The van der Waals surface area contributed by atoms with E-state index in [2.05, 4.69) is 10.6 Å². The summed E-state index contributed by atoms with van der Waals surface area (Å²) < 4.78 is 15.9. The lowest BCUT2D eigenvalue weighted by molar-refractivity contribution is -0.122. The zero-order chi connectivity index (χ0) is 15.2. The molecule has 0 radical (unpaired) electrons. The van der Waals surface area contributed by atoms with Crippen LogP contribution in [-0.2, 0) is 11.3 Å². The van der Waals surface area contributed by atoms with Gasteiger partial charge in [0.25, 0.3) is 0 Å². The van der Waals surface area contributed by atoms with Crippen LogP contribution in [0.4, 0.5) is 0 Å². The Hall–Kier alpha value is -1.31. The molecule has 1 heterocycles. The molecule has 6 nitrogen and oxygen atoms in total. The summed E-state index contributed by atoms with van der Waals surface area (Å²) in [6, 6.07) is 3.55. The van der Waals surface area contributed by atoms with Crippen molar-refractivity contribution < 1.29 is 19.0 Å². The number of benzene rings is 1. The molecule has 1 aromatic carbocycles. The van der Waals surface area contributed by atoms with Gasteiger partial charge in [-0.15, -0.1) is 24.2 Å². The quantitative estimate of drug-likeness (QED) is 0.810. The lowest BCUT2D eigenvalue weighted by Gasteiger charge is -2.15. The maximum Gasteiger partial charge on any atom is 0.238 e. The molecule has 0 saturated carbocycles. The molecule has 1 unspecified atom stereocenters. The van der Waals surface area contributed by atoms with Gasteiger partial charge >= 0.3 is 0 Å². The number of carbonyl (C=O) groups is 1. The number of nitrogens with one attached hydrogen (secondary N) is 2. The second kappa shape index (κ2) is 8.97. The average Bonchev–Trinajstić information content (AvgIpc) is 3.05. The van der Waals surface area contributed by atoms with Gasteiger partial charge in [-0.25, -0.2) is 0 Å². The van der Waals surface area contributed by atoms with Gasteiger partial charge < -0.3 is 19.5 Å². The summed E-state index contributed by atoms with van der Waals surface area (Å²) in [5.41, 5.74) is 0.892. The summed E-state index contributed by atoms with van der Waals surface area (Å²) in [6.07, 6.45) is 0. The molecule has 1 fully saturated rings. The number of carbonyl (C=O) groups excluding carboxylic acids is 1. The van der Waals surface area contributed by atoms with Crippen molar-refractivity contribution in [3.8, 4) is 17.2 Å². The van der Waals surface area contributed by atoms with E-state index in [-0.39, 0.29) is 24.4 Å². The van der Waals surface area contributed by atoms with E-state index in [9.17, 15) is 4.79 Å². The van der Waals surface area contributed by atoms with Crippen molar-refractivity contribution in [1.29, 1.82) is 0 Å². The Balaban J connectivity index is 0.00000242.